The van der Waals surface area contributed by atoms with Gasteiger partial charge in [-0.05, 0) is 12.8 Å². The van der Waals surface area contributed by atoms with E-state index in [-0.39, 0.29) is 0 Å². The lowest BCUT2D eigenvalue weighted by atomic mass is 9.88. The fourth-order valence-corrected chi connectivity index (χ4v) is 15.4. The number of hydrogen-bond donors (Lipinski definition) is 32. The van der Waals surface area contributed by atoms with Crippen LogP contribution in [0.5, 0.6) is 0 Å². The molecule has 0 radical (unpaired) electrons. The first-order valence-electron chi connectivity index (χ1n) is 38.6. The molecule has 18 unspecified atom stereocenters. The number of rotatable bonds is 39. The van der Waals surface area contributed by atoms with Crippen molar-refractivity contribution in [3.05, 3.63) is 0 Å². The van der Waals surface area contributed by atoms with Gasteiger partial charge in [-0.3, -0.25) is 19.2 Å². The summed E-state index contributed by atoms with van der Waals surface area (Å²) in [5.41, 5.74) is 0. The van der Waals surface area contributed by atoms with E-state index in [9.17, 15) is 167 Å². The van der Waals surface area contributed by atoms with Gasteiger partial charge >= 0.3 is 5.97 Å². The van der Waals surface area contributed by atoms with Gasteiger partial charge in [0.1, 0.15) is 165 Å². The maximum Gasteiger partial charge on any atom is 0.364 e. The second-order valence-electron chi connectivity index (χ2n) is 30.5. The molecule has 8 saturated heterocycles. The van der Waals surface area contributed by atoms with Gasteiger partial charge in [0.15, 0.2) is 50.3 Å². The first-order chi connectivity index (χ1) is 57.1. The molecule has 0 spiro atoms. The summed E-state index contributed by atoms with van der Waals surface area (Å²) < 4.78 is 94.0. The molecule has 0 aromatic carbocycles. The van der Waals surface area contributed by atoms with Gasteiger partial charge in [0, 0.05) is 53.2 Å². The number of carboxylic acid groups (broad SMARTS) is 1. The van der Waals surface area contributed by atoms with Crippen molar-refractivity contribution in [1.82, 2.24) is 21.3 Å². The Morgan fingerprint density at radius 3 is 1.31 bits per heavy atom. The van der Waals surface area contributed by atoms with Crippen molar-refractivity contribution in [2.75, 3.05) is 72.7 Å². The number of carbonyl (C=O) groups is 5. The van der Waals surface area contributed by atoms with E-state index < -0.39 is 397 Å². The Kier molecular flexibility index (Phi) is 38.4. The number of aliphatic hydroxyl groups is 27. The van der Waals surface area contributed by atoms with Gasteiger partial charge in [-0.2, -0.15) is 0 Å². The van der Waals surface area contributed by atoms with E-state index in [4.69, 9.17) is 75.8 Å². The molecule has 0 saturated carbocycles. The third kappa shape index (κ3) is 24.0. The summed E-state index contributed by atoms with van der Waals surface area (Å²) >= 11 is 0. The second kappa shape index (κ2) is 45.6. The number of aliphatic carboxylic acids is 1. The molecule has 32 N–H and O–H groups in total. The lowest BCUT2D eigenvalue weighted by Crippen LogP contribution is -2.69. The van der Waals surface area contributed by atoms with Crippen LogP contribution in [-0.2, 0) is 99.8 Å². The minimum Gasteiger partial charge on any atom is -0.477 e. The molecule has 8 aliphatic heterocycles. The van der Waals surface area contributed by atoms with E-state index in [1.54, 1.807) is 0 Å². The highest BCUT2D eigenvalue weighted by Crippen LogP contribution is 2.41. The molecule has 8 heterocycles. The Morgan fingerprint density at radius 2 is 0.810 bits per heavy atom. The molecule has 0 aliphatic carbocycles. The molecular weight excluding hydrogens is 1660 g/mol. The zero-order valence-electron chi connectivity index (χ0n) is 65.4. The topological polar surface area (TPSA) is 848 Å². The Morgan fingerprint density at radius 1 is 0.397 bits per heavy atom. The number of carboxylic acids is 1. The normalized spacial score (nSPS) is 43.9. The summed E-state index contributed by atoms with van der Waals surface area (Å²) in [6.45, 7) is -7.93. The number of amides is 4. The van der Waals surface area contributed by atoms with E-state index in [0.29, 0.717) is 0 Å². The van der Waals surface area contributed by atoms with E-state index in [0.717, 1.165) is 27.7 Å². The molecule has 0 bridgehead atoms. The minimum absolute atomic E-state index is 0.517. The highest BCUT2D eigenvalue weighted by Gasteiger charge is 2.61. The quantitative estimate of drug-likeness (QED) is 0.0254. The average Bonchev–Trinajstić information content (AvgIpc) is 0.763. The molecular formula is C68H116N4O49. The smallest absolute Gasteiger partial charge is 0.364 e. The van der Waals surface area contributed by atoms with Gasteiger partial charge in [-0.25, -0.2) is 4.79 Å². The Bertz CT molecular complexity index is 3210. The number of nitrogens with one attached hydrogen (secondary N) is 4. The van der Waals surface area contributed by atoms with Crippen molar-refractivity contribution in [3.63, 3.8) is 0 Å². The first-order valence-corrected chi connectivity index (χ1v) is 38.6. The lowest BCUT2D eigenvalue weighted by Gasteiger charge is -2.50. The fourth-order valence-electron chi connectivity index (χ4n) is 15.4. The molecule has 53 nitrogen and oxygen atoms in total. The summed E-state index contributed by atoms with van der Waals surface area (Å²) in [5.74, 6) is -12.4. The Hall–Kier alpha value is -4.37. The zero-order chi connectivity index (χ0) is 89.8. The Labute approximate surface area is 686 Å². The summed E-state index contributed by atoms with van der Waals surface area (Å²) in [7, 11) is 0. The van der Waals surface area contributed by atoms with E-state index >= 15 is 0 Å². The third-order valence-corrected chi connectivity index (χ3v) is 21.9. The van der Waals surface area contributed by atoms with Gasteiger partial charge in [-0.1, -0.05) is 0 Å². The van der Waals surface area contributed by atoms with Crippen LogP contribution in [0.2, 0.25) is 0 Å². The van der Waals surface area contributed by atoms with Crippen LogP contribution in [0.4, 0.5) is 0 Å². The van der Waals surface area contributed by atoms with Gasteiger partial charge < -0.3 is 240 Å². The Balaban J connectivity index is 1.07. The van der Waals surface area contributed by atoms with Crippen LogP contribution in [0, 0.1) is 11.8 Å². The van der Waals surface area contributed by atoms with Gasteiger partial charge in [0.25, 0.3) is 5.79 Å². The predicted octanol–water partition coefficient (Wildman–Crippen LogP) is -20.0. The van der Waals surface area contributed by atoms with E-state index in [2.05, 4.69) is 21.3 Å². The maximum atomic E-state index is 13.0. The second-order valence-corrected chi connectivity index (χ2v) is 30.5. The predicted molar refractivity (Wildman–Crippen MR) is 376 cm³/mol. The standard InChI is InChI=1S/C68H116N4O49/c1-19(81)69-35-27(87)9-68(67(104)105,121-57(35)40(89)25(85)5-7-73)108-18-34-44(93)49(98)51(100)65(115-34)118-55-31(14-79)112-62(37(46(55)95)71-21(3)83)107-16-24-39(88)42(91)28(11-76)110-61(24)116-53-23(10-75)33(114-66(52(53)101)119-54-30(13-78)109-59(102)36(45(54)94)70-20(2)82)17-106-60(103)58(41(90)26(86)6-8-74)120-63-38(72-22(4)84)47(96)56(32(15-80)113-63)117-64-50(99)48(97)43(92)29(12-77)111-64/h23-66,73-80,85-103H,5-18H2,1-4H3,(H,69,81)(H,70,82)(H,71,83)(H,72,84)(H,104,105)/t23-,24?,25-,26-,27-,28?,29?,30?,31?,32?,33?,34?,35-,36?,37+,38?,39?,40-,41+,42-,43+,44+,45-,46?,47-,48+,49?,50?,51+,52-,53?,54-,55-,56-,57?,58?,59?,60-,61-,62-,63+,64+,65+,66+,68-/m1/s1. The molecule has 0 aromatic rings. The van der Waals surface area contributed by atoms with Crippen LogP contribution in [0.1, 0.15) is 47.0 Å². The summed E-state index contributed by atoms with van der Waals surface area (Å²) in [6, 6.07) is -7.26. The van der Waals surface area contributed by atoms with Crippen LogP contribution >= 0.6 is 0 Å². The minimum atomic E-state index is -3.05. The molecule has 8 rings (SSSR count). The maximum absolute atomic E-state index is 13.0. The van der Waals surface area contributed by atoms with Crippen molar-refractivity contribution in [2.45, 2.75) is 310 Å². The highest BCUT2D eigenvalue weighted by molar-refractivity contribution is 5.77. The SMILES string of the molecule is CC(=O)NC1C(O)OC(CO)[C@@H](O[C@@H]2OC(CO[C@@H](O)C(O[C@@H]3OC(CO)[C@@H](O[C@@H]4OC(CO)[C@H](O)[C@H](O)C4O)[C@H](O)C3NC(C)=O)[C@@H](O)[C@H](O)CCO)[C@@H](CO)C(O[C@H]3OC(CO)[C@@H](O)C(O)C3CO[C@@H]3OC(CO)[C@@H](O[C@@H]4OC(CO[C@]5(C(=O)O)C[C@@H](O)[C@@H](NC(C)=O)C([C@H](O)[C@H](O)CCO)O5)[C@H](O)C(O)[C@@H]4O)C(O)[C@@H]3NC(C)=O)[C@H]2O)[C@@H]1O. The van der Waals surface area contributed by atoms with Crippen LogP contribution in [0.25, 0.3) is 0 Å². The monoisotopic (exact) mass is 1770 g/mol. The average molecular weight is 1770 g/mol. The number of ether oxygens (including phenoxy) is 16. The molecule has 45 atom stereocenters. The molecule has 53 heteroatoms. The molecule has 0 aromatic heterocycles. The molecule has 702 valence electrons. The van der Waals surface area contributed by atoms with Crippen LogP contribution in [0.3, 0.4) is 0 Å². The van der Waals surface area contributed by atoms with Gasteiger partial charge in [-0.15, -0.1) is 0 Å². The third-order valence-electron chi connectivity index (χ3n) is 21.9. The summed E-state index contributed by atoms with van der Waals surface area (Å²) in [5, 5.41) is 319. The highest BCUT2D eigenvalue weighted by atomic mass is 16.8. The zero-order valence-corrected chi connectivity index (χ0v) is 65.4. The van der Waals surface area contributed by atoms with Gasteiger partial charge in [0.05, 0.1) is 108 Å². The van der Waals surface area contributed by atoms with Crippen LogP contribution < -0.4 is 21.3 Å². The number of aliphatic hydroxyl groups excluding tert-OH is 27. The van der Waals surface area contributed by atoms with Crippen molar-refractivity contribution >= 4 is 29.6 Å². The van der Waals surface area contributed by atoms with Crippen molar-refractivity contribution in [3.8, 4) is 0 Å². The largest absolute Gasteiger partial charge is 0.477 e. The fraction of sp³-hybridized carbons (Fsp3) is 0.926. The van der Waals surface area contributed by atoms with E-state index in [1.165, 1.54) is 0 Å². The lowest BCUT2D eigenvalue weighted by molar-refractivity contribution is -0.377. The van der Waals surface area contributed by atoms with E-state index in [1.807, 2.05) is 0 Å². The van der Waals surface area contributed by atoms with Crippen LogP contribution in [-0.4, -0.2) is 509 Å². The number of hydrogen-bond acceptors (Lipinski definition) is 48. The van der Waals surface area contributed by atoms with Crippen molar-refractivity contribution in [1.29, 1.82) is 0 Å². The van der Waals surface area contributed by atoms with Crippen molar-refractivity contribution < 1.29 is 243 Å². The summed E-state index contributed by atoms with van der Waals surface area (Å²) in [4.78, 5) is 63.4. The van der Waals surface area contributed by atoms with Crippen LogP contribution in [0.15, 0.2) is 0 Å². The molecule has 4 amide bonds. The number of carbonyl (C=O) groups excluding carboxylic acids is 4. The molecule has 8 fully saturated rings. The molecule has 121 heavy (non-hydrogen) atoms. The first kappa shape index (κ1) is 102. The van der Waals surface area contributed by atoms with Crippen molar-refractivity contribution in [2.24, 2.45) is 11.8 Å². The molecule has 8 aliphatic rings. The summed E-state index contributed by atoms with van der Waals surface area (Å²) in [6.07, 6.45) is -82.1. The van der Waals surface area contributed by atoms with Gasteiger partial charge in [0.2, 0.25) is 23.6 Å².